The van der Waals surface area contributed by atoms with E-state index in [1.807, 2.05) is 0 Å². The number of aliphatic hydroxyl groups excluding tert-OH is 1. The van der Waals surface area contributed by atoms with Crippen molar-refractivity contribution in [2.75, 3.05) is 18.1 Å². The topological polar surface area (TPSA) is 225 Å². The third kappa shape index (κ3) is 6.04. The van der Waals surface area contributed by atoms with E-state index in [1.165, 1.54) is 17.8 Å². The summed E-state index contributed by atoms with van der Waals surface area (Å²) in [6.45, 7) is 4.45. The van der Waals surface area contributed by atoms with E-state index in [2.05, 4.69) is 20.0 Å². The molecule has 1 saturated heterocycles. The molecule has 6 unspecified atom stereocenters. The number of nitrogen functional groups attached to an aromatic ring is 2. The maximum absolute atomic E-state index is 13.7. The molecule has 3 aromatic rings. The first-order chi connectivity index (χ1) is 18.0. The molecule has 2 aromatic heterocycles. The van der Waals surface area contributed by atoms with Gasteiger partial charge in [-0.15, -0.1) is 0 Å². The molecule has 0 bridgehead atoms. The van der Waals surface area contributed by atoms with Gasteiger partial charge in [-0.25, -0.2) is 9.55 Å². The van der Waals surface area contributed by atoms with Crippen molar-refractivity contribution in [3.8, 4) is 5.75 Å². The zero-order chi connectivity index (χ0) is 27.6. The number of hydrogen-bond acceptors (Lipinski definition) is 13. The number of rotatable bonds is 10. The van der Waals surface area contributed by atoms with Crippen molar-refractivity contribution in [2.45, 2.75) is 57.4 Å². The number of fused-ring (bicyclic) bond motifs is 1. The van der Waals surface area contributed by atoms with Gasteiger partial charge < -0.3 is 36.3 Å². The number of para-hydroxylation sites is 1. The van der Waals surface area contributed by atoms with Gasteiger partial charge in [0.1, 0.15) is 29.5 Å². The number of carbonyl (C=O) groups excluding carboxylic acids is 1. The molecule has 1 aliphatic rings. The first-order valence-corrected chi connectivity index (χ1v) is 13.3. The lowest BCUT2D eigenvalue weighted by Gasteiger charge is -2.25. The fraction of sp³-hybridized carbons (Fsp3) is 0.455. The van der Waals surface area contributed by atoms with Gasteiger partial charge in [-0.1, -0.05) is 18.2 Å². The summed E-state index contributed by atoms with van der Waals surface area (Å²) in [5, 5.41) is 13.4. The highest BCUT2D eigenvalue weighted by Crippen LogP contribution is 2.46. The van der Waals surface area contributed by atoms with Crippen molar-refractivity contribution < 1.29 is 33.0 Å². The van der Waals surface area contributed by atoms with Gasteiger partial charge in [0, 0.05) is 0 Å². The van der Waals surface area contributed by atoms with Gasteiger partial charge in [0.25, 0.3) is 0 Å². The van der Waals surface area contributed by atoms with E-state index in [-0.39, 0.29) is 34.8 Å². The summed E-state index contributed by atoms with van der Waals surface area (Å²) in [6.07, 6.45) is -2.18. The monoisotopic (exact) mass is 550 g/mol. The number of aliphatic hydroxyl groups is 1. The van der Waals surface area contributed by atoms with E-state index in [1.54, 1.807) is 44.2 Å². The molecular formula is C22H31N8O7P. The lowest BCUT2D eigenvalue weighted by Crippen LogP contribution is -2.41. The van der Waals surface area contributed by atoms with Gasteiger partial charge in [-0.3, -0.25) is 13.9 Å². The molecule has 0 saturated carbocycles. The zero-order valence-electron chi connectivity index (χ0n) is 21.0. The Morgan fingerprint density at radius 3 is 2.63 bits per heavy atom. The van der Waals surface area contributed by atoms with Gasteiger partial charge >= 0.3 is 13.7 Å². The Hall–Kier alpha value is -3.33. The Morgan fingerprint density at radius 2 is 1.95 bits per heavy atom. The summed E-state index contributed by atoms with van der Waals surface area (Å²) >= 11 is 0. The maximum atomic E-state index is 13.7. The molecule has 1 aliphatic heterocycles. The number of aromatic nitrogens is 4. The molecule has 206 valence electrons. The molecule has 38 heavy (non-hydrogen) atoms. The van der Waals surface area contributed by atoms with Crippen LogP contribution >= 0.6 is 7.75 Å². The SMILES string of the molecule is CC(C)OC(=O)C(C)NP(=O)(OCC1OC(n2cnc3c(N)nc(N)nc32)C(N)C1O)Oc1ccccc1. The number of hydrogen-bond donors (Lipinski definition) is 5. The first-order valence-electron chi connectivity index (χ1n) is 11.8. The van der Waals surface area contributed by atoms with E-state index in [9.17, 15) is 14.5 Å². The van der Waals surface area contributed by atoms with Crippen molar-refractivity contribution in [1.29, 1.82) is 0 Å². The number of nitrogens with zero attached hydrogens (tertiary/aromatic N) is 4. The molecule has 1 fully saturated rings. The van der Waals surface area contributed by atoms with Gasteiger partial charge in [0.2, 0.25) is 5.95 Å². The second-order valence-electron chi connectivity index (χ2n) is 8.96. The summed E-state index contributed by atoms with van der Waals surface area (Å²) in [7, 11) is -4.18. The van der Waals surface area contributed by atoms with Crippen molar-refractivity contribution in [3.63, 3.8) is 0 Å². The van der Waals surface area contributed by atoms with Crippen molar-refractivity contribution in [1.82, 2.24) is 24.6 Å². The molecule has 16 heteroatoms. The minimum absolute atomic E-state index is 0.0704. The Bertz CT molecular complexity index is 1320. The molecule has 8 N–H and O–H groups in total. The first kappa shape index (κ1) is 27.7. The second kappa shape index (κ2) is 11.2. The molecule has 3 heterocycles. The molecule has 4 rings (SSSR count). The van der Waals surface area contributed by atoms with E-state index in [0.717, 1.165) is 0 Å². The van der Waals surface area contributed by atoms with Crippen LogP contribution < -0.4 is 26.8 Å². The molecule has 0 spiro atoms. The number of nitrogens with one attached hydrogen (secondary N) is 1. The van der Waals surface area contributed by atoms with Gasteiger partial charge in [0.05, 0.1) is 25.1 Å². The van der Waals surface area contributed by atoms with Gasteiger partial charge in [-0.05, 0) is 32.9 Å². The van der Waals surface area contributed by atoms with Crippen LogP contribution in [0.2, 0.25) is 0 Å². The Morgan fingerprint density at radius 1 is 1.24 bits per heavy atom. The number of nitrogens with two attached hydrogens (primary N) is 3. The van der Waals surface area contributed by atoms with Crippen LogP contribution in [0.5, 0.6) is 5.75 Å². The van der Waals surface area contributed by atoms with E-state index in [0.29, 0.717) is 0 Å². The summed E-state index contributed by atoms with van der Waals surface area (Å²) in [5.74, 6) is -0.408. The Kier molecular flexibility index (Phi) is 8.16. The summed E-state index contributed by atoms with van der Waals surface area (Å²) in [4.78, 5) is 24.5. The lowest BCUT2D eigenvalue weighted by molar-refractivity contribution is -0.149. The van der Waals surface area contributed by atoms with Crippen molar-refractivity contribution in [2.24, 2.45) is 5.73 Å². The van der Waals surface area contributed by atoms with Crippen LogP contribution in [0.15, 0.2) is 36.7 Å². The standard InChI is InChI=1S/C22H31N8O7P/c1-11(2)35-21(32)12(3)29-38(33,37-13-7-5-4-6-8-13)34-9-14-17(31)15(23)20(36-14)30-10-26-16-18(24)27-22(25)28-19(16)30/h4-8,10-12,14-15,17,20,31H,9,23H2,1-3H3,(H,29,33)(H4,24,25,27,28). The quantitative estimate of drug-likeness (QED) is 0.173. The summed E-state index contributed by atoms with van der Waals surface area (Å²) in [6, 6.07) is 6.29. The zero-order valence-corrected chi connectivity index (χ0v) is 21.9. The molecule has 1 aromatic carbocycles. The smallest absolute Gasteiger partial charge is 0.459 e. The van der Waals surface area contributed by atoms with Crippen LogP contribution in [0.3, 0.4) is 0 Å². The van der Waals surface area contributed by atoms with E-state index < -0.39 is 50.8 Å². The van der Waals surface area contributed by atoms with Crippen molar-refractivity contribution in [3.05, 3.63) is 36.7 Å². The normalized spacial score (nSPS) is 23.8. The summed E-state index contributed by atoms with van der Waals surface area (Å²) in [5.41, 5.74) is 18.4. The highest BCUT2D eigenvalue weighted by atomic mass is 31.2. The van der Waals surface area contributed by atoms with Crippen LogP contribution in [-0.4, -0.2) is 67.6 Å². The number of carbonyl (C=O) groups is 1. The van der Waals surface area contributed by atoms with Crippen LogP contribution in [0.4, 0.5) is 11.8 Å². The average Bonchev–Trinajstić information content (AvgIpc) is 3.39. The molecule has 6 atom stereocenters. The highest BCUT2D eigenvalue weighted by molar-refractivity contribution is 7.52. The third-order valence-electron chi connectivity index (χ3n) is 5.59. The highest BCUT2D eigenvalue weighted by Gasteiger charge is 2.45. The average molecular weight is 551 g/mol. The summed E-state index contributed by atoms with van der Waals surface area (Å²) < 4.78 is 37.6. The fourth-order valence-electron chi connectivity index (χ4n) is 3.80. The molecule has 0 amide bonds. The minimum Gasteiger partial charge on any atom is -0.462 e. The van der Waals surface area contributed by atoms with Crippen LogP contribution in [-0.2, 0) is 23.4 Å². The predicted octanol–water partition coefficient (Wildman–Crippen LogP) is 0.710. The largest absolute Gasteiger partial charge is 0.462 e. The predicted molar refractivity (Wildman–Crippen MR) is 136 cm³/mol. The van der Waals surface area contributed by atoms with Crippen LogP contribution in [0.1, 0.15) is 27.0 Å². The number of anilines is 2. The van der Waals surface area contributed by atoms with E-state index in [4.69, 9.17) is 35.7 Å². The third-order valence-corrected chi connectivity index (χ3v) is 7.24. The van der Waals surface area contributed by atoms with Crippen molar-refractivity contribution >= 4 is 36.6 Å². The molecule has 0 aliphatic carbocycles. The number of ether oxygens (including phenoxy) is 2. The van der Waals surface area contributed by atoms with Gasteiger partial charge in [0.15, 0.2) is 17.7 Å². The van der Waals surface area contributed by atoms with E-state index >= 15 is 0 Å². The number of benzene rings is 1. The molecule has 15 nitrogen and oxygen atoms in total. The van der Waals surface area contributed by atoms with Crippen LogP contribution in [0.25, 0.3) is 11.2 Å². The Labute approximate surface area is 218 Å². The Balaban J connectivity index is 1.51. The fourth-order valence-corrected chi connectivity index (χ4v) is 5.31. The number of esters is 1. The maximum Gasteiger partial charge on any atom is 0.459 e. The number of imidazole rings is 1. The minimum atomic E-state index is -4.18. The lowest BCUT2D eigenvalue weighted by atomic mass is 10.1. The molecule has 0 radical (unpaired) electrons. The van der Waals surface area contributed by atoms with Crippen LogP contribution in [0, 0.1) is 0 Å². The second-order valence-corrected chi connectivity index (χ2v) is 10.7. The molecular weight excluding hydrogens is 519 g/mol. The van der Waals surface area contributed by atoms with Gasteiger partial charge in [-0.2, -0.15) is 15.1 Å².